The first-order valence-corrected chi connectivity index (χ1v) is 8.06. The van der Waals surface area contributed by atoms with Gasteiger partial charge in [-0.05, 0) is 28.8 Å². The fourth-order valence-corrected chi connectivity index (χ4v) is 2.64. The molecule has 0 heterocycles. The zero-order chi connectivity index (χ0) is 18.4. The molecule has 0 atom stereocenters. The van der Waals surface area contributed by atoms with Gasteiger partial charge in [-0.25, -0.2) is 5.43 Å². The van der Waals surface area contributed by atoms with Gasteiger partial charge in [0.25, 0.3) is 5.91 Å². The molecule has 1 amide bonds. The summed E-state index contributed by atoms with van der Waals surface area (Å²) in [6, 6.07) is 23.8. The summed E-state index contributed by atoms with van der Waals surface area (Å²) in [6.07, 6.45) is 1.40. The standard InChI is InChI=1S/C21H18N2O3/c24-19-13-7-8-16(14-19)15-22-23-20(25)21(26,17-9-3-1-4-10-17)18-11-5-2-6-12-18/h1-15,24,26H,(H,23,25)/b22-15+. The fourth-order valence-electron chi connectivity index (χ4n) is 2.64. The minimum atomic E-state index is -1.88. The highest BCUT2D eigenvalue weighted by molar-refractivity contribution is 5.91. The van der Waals surface area contributed by atoms with Gasteiger partial charge >= 0.3 is 0 Å². The Morgan fingerprint density at radius 2 is 1.46 bits per heavy atom. The van der Waals surface area contributed by atoms with E-state index in [9.17, 15) is 15.0 Å². The van der Waals surface area contributed by atoms with Crippen LogP contribution in [-0.2, 0) is 10.4 Å². The molecule has 0 bridgehead atoms. The molecule has 26 heavy (non-hydrogen) atoms. The number of phenols is 1. The first kappa shape index (κ1) is 17.4. The van der Waals surface area contributed by atoms with Crippen LogP contribution in [0.4, 0.5) is 0 Å². The van der Waals surface area contributed by atoms with Gasteiger partial charge in [-0.2, -0.15) is 5.10 Å². The van der Waals surface area contributed by atoms with Crippen molar-refractivity contribution in [2.24, 2.45) is 5.10 Å². The zero-order valence-electron chi connectivity index (χ0n) is 13.9. The summed E-state index contributed by atoms with van der Waals surface area (Å²) in [5.41, 5.74) is 2.01. The predicted octanol–water partition coefficient (Wildman–Crippen LogP) is 2.78. The molecular formula is C21H18N2O3. The second kappa shape index (κ2) is 7.63. The third-order valence-corrected chi connectivity index (χ3v) is 3.96. The molecule has 0 aliphatic carbocycles. The van der Waals surface area contributed by atoms with Gasteiger partial charge in [0, 0.05) is 0 Å². The number of benzene rings is 3. The summed E-state index contributed by atoms with van der Waals surface area (Å²) in [6.45, 7) is 0. The number of hydrogen-bond acceptors (Lipinski definition) is 4. The SMILES string of the molecule is O=C(N/N=C/c1cccc(O)c1)C(O)(c1ccccc1)c1ccccc1. The van der Waals surface area contributed by atoms with E-state index < -0.39 is 11.5 Å². The van der Waals surface area contributed by atoms with Gasteiger partial charge in [-0.1, -0.05) is 72.8 Å². The van der Waals surface area contributed by atoms with Crippen LogP contribution in [0.2, 0.25) is 0 Å². The summed E-state index contributed by atoms with van der Waals surface area (Å²) in [5.74, 6) is -0.573. The molecule has 5 heteroatoms. The monoisotopic (exact) mass is 346 g/mol. The number of rotatable bonds is 5. The Morgan fingerprint density at radius 1 is 0.885 bits per heavy atom. The lowest BCUT2D eigenvalue weighted by Gasteiger charge is -2.27. The number of hydrogen-bond donors (Lipinski definition) is 3. The summed E-state index contributed by atoms with van der Waals surface area (Å²) in [5, 5.41) is 24.6. The molecule has 0 radical (unpaired) electrons. The Labute approximate surface area is 151 Å². The molecule has 3 N–H and O–H groups in total. The predicted molar refractivity (Wildman–Crippen MR) is 99.7 cm³/mol. The van der Waals surface area contributed by atoms with Crippen LogP contribution in [0.5, 0.6) is 5.75 Å². The zero-order valence-corrected chi connectivity index (χ0v) is 13.9. The number of nitrogens with zero attached hydrogens (tertiary/aromatic N) is 1. The van der Waals surface area contributed by atoms with Crippen molar-refractivity contribution in [2.75, 3.05) is 0 Å². The van der Waals surface area contributed by atoms with Crippen molar-refractivity contribution in [1.29, 1.82) is 0 Å². The van der Waals surface area contributed by atoms with Crippen molar-refractivity contribution in [2.45, 2.75) is 5.60 Å². The Bertz CT molecular complexity index is 869. The van der Waals surface area contributed by atoms with Crippen molar-refractivity contribution in [1.82, 2.24) is 5.43 Å². The van der Waals surface area contributed by atoms with Crippen LogP contribution >= 0.6 is 0 Å². The molecule has 0 unspecified atom stereocenters. The highest BCUT2D eigenvalue weighted by Gasteiger charge is 2.39. The molecule has 5 nitrogen and oxygen atoms in total. The van der Waals surface area contributed by atoms with E-state index in [0.717, 1.165) is 0 Å². The van der Waals surface area contributed by atoms with Gasteiger partial charge in [0.15, 0.2) is 5.60 Å². The lowest BCUT2D eigenvalue weighted by molar-refractivity contribution is -0.136. The third-order valence-electron chi connectivity index (χ3n) is 3.96. The minimum Gasteiger partial charge on any atom is -0.508 e. The number of phenolic OH excluding ortho intramolecular Hbond substituents is 1. The maximum Gasteiger partial charge on any atom is 0.281 e. The summed E-state index contributed by atoms with van der Waals surface area (Å²) >= 11 is 0. The van der Waals surface area contributed by atoms with Gasteiger partial charge in [-0.15, -0.1) is 0 Å². The maximum absolute atomic E-state index is 12.8. The number of amides is 1. The van der Waals surface area contributed by atoms with E-state index in [-0.39, 0.29) is 5.75 Å². The van der Waals surface area contributed by atoms with Crippen molar-refractivity contribution >= 4 is 12.1 Å². The first-order chi connectivity index (χ1) is 12.6. The third kappa shape index (κ3) is 3.63. The number of aromatic hydroxyl groups is 1. The van der Waals surface area contributed by atoms with Crippen LogP contribution in [0.15, 0.2) is 90.0 Å². The van der Waals surface area contributed by atoms with Crippen LogP contribution < -0.4 is 5.43 Å². The van der Waals surface area contributed by atoms with Crippen molar-refractivity contribution < 1.29 is 15.0 Å². The van der Waals surface area contributed by atoms with Crippen LogP contribution in [0.3, 0.4) is 0 Å². The maximum atomic E-state index is 12.8. The van der Waals surface area contributed by atoms with Crippen molar-refractivity contribution in [3.05, 3.63) is 102 Å². The Morgan fingerprint density at radius 3 is 2.00 bits per heavy atom. The Hall–Kier alpha value is -3.44. The number of hydrazone groups is 1. The Kier molecular flexibility index (Phi) is 5.10. The molecule has 3 rings (SSSR count). The van der Waals surface area contributed by atoms with Crippen LogP contribution in [-0.4, -0.2) is 22.3 Å². The van der Waals surface area contributed by atoms with E-state index in [4.69, 9.17) is 0 Å². The molecular weight excluding hydrogens is 328 g/mol. The largest absolute Gasteiger partial charge is 0.508 e. The van der Waals surface area contributed by atoms with Gasteiger partial charge < -0.3 is 10.2 Å². The molecule has 3 aromatic rings. The summed E-state index contributed by atoms with van der Waals surface area (Å²) < 4.78 is 0. The molecule has 0 aliphatic heterocycles. The quantitative estimate of drug-likeness (QED) is 0.491. The lowest BCUT2D eigenvalue weighted by Crippen LogP contribution is -2.43. The normalized spacial score (nSPS) is 11.4. The summed E-state index contributed by atoms with van der Waals surface area (Å²) in [4.78, 5) is 12.8. The van der Waals surface area contributed by atoms with E-state index in [1.54, 1.807) is 66.7 Å². The molecule has 0 saturated heterocycles. The molecule has 0 fully saturated rings. The van der Waals surface area contributed by atoms with E-state index in [0.29, 0.717) is 16.7 Å². The van der Waals surface area contributed by atoms with Crippen molar-refractivity contribution in [3.8, 4) is 5.75 Å². The second-order valence-electron chi connectivity index (χ2n) is 5.74. The van der Waals surface area contributed by atoms with E-state index in [1.165, 1.54) is 12.3 Å². The molecule has 0 spiro atoms. The van der Waals surface area contributed by atoms with Gasteiger partial charge in [0.1, 0.15) is 5.75 Å². The highest BCUT2D eigenvalue weighted by atomic mass is 16.3. The van der Waals surface area contributed by atoms with Gasteiger partial charge in [0.05, 0.1) is 6.21 Å². The number of aliphatic hydroxyl groups is 1. The van der Waals surface area contributed by atoms with Gasteiger partial charge in [0.2, 0.25) is 0 Å². The highest BCUT2D eigenvalue weighted by Crippen LogP contribution is 2.29. The summed E-state index contributed by atoms with van der Waals surface area (Å²) in [7, 11) is 0. The number of carbonyl (C=O) groups is 1. The number of carbonyl (C=O) groups excluding carboxylic acids is 1. The van der Waals surface area contributed by atoms with E-state index in [1.807, 2.05) is 12.1 Å². The Balaban J connectivity index is 1.89. The molecule has 3 aromatic carbocycles. The average molecular weight is 346 g/mol. The second-order valence-corrected chi connectivity index (χ2v) is 5.74. The van der Waals surface area contributed by atoms with Crippen molar-refractivity contribution in [3.63, 3.8) is 0 Å². The van der Waals surface area contributed by atoms with Gasteiger partial charge in [-0.3, -0.25) is 4.79 Å². The topological polar surface area (TPSA) is 81.9 Å². The van der Waals surface area contributed by atoms with Crippen LogP contribution in [0.25, 0.3) is 0 Å². The molecule has 0 aliphatic rings. The first-order valence-electron chi connectivity index (χ1n) is 8.06. The van der Waals surface area contributed by atoms with Crippen LogP contribution in [0, 0.1) is 0 Å². The van der Waals surface area contributed by atoms with E-state index >= 15 is 0 Å². The smallest absolute Gasteiger partial charge is 0.281 e. The molecule has 130 valence electrons. The molecule has 0 saturated carbocycles. The van der Waals surface area contributed by atoms with E-state index in [2.05, 4.69) is 10.5 Å². The fraction of sp³-hybridized carbons (Fsp3) is 0.0476. The lowest BCUT2D eigenvalue weighted by atomic mass is 9.85. The number of nitrogens with one attached hydrogen (secondary N) is 1. The van der Waals surface area contributed by atoms with Crippen LogP contribution in [0.1, 0.15) is 16.7 Å². The average Bonchev–Trinajstić information content (AvgIpc) is 2.68. The minimum absolute atomic E-state index is 0.102. The molecule has 0 aromatic heterocycles.